The van der Waals surface area contributed by atoms with E-state index in [0.29, 0.717) is 0 Å². The molecule has 0 unspecified atom stereocenters. The highest BCUT2D eigenvalue weighted by molar-refractivity contribution is 5.89. The van der Waals surface area contributed by atoms with Gasteiger partial charge in [-0.2, -0.15) is 0 Å². The number of rotatable bonds is 4. The zero-order valence-electron chi connectivity index (χ0n) is 8.73. The van der Waals surface area contributed by atoms with Crippen LogP contribution in [-0.2, 0) is 4.74 Å². The minimum Gasteiger partial charge on any atom is -0.477 e. The second-order valence-electron chi connectivity index (χ2n) is 2.96. The summed E-state index contributed by atoms with van der Waals surface area (Å²) in [6, 6.07) is 2.15. The Kier molecular flexibility index (Phi) is 4.04. The number of hydrogen-bond acceptors (Lipinski definition) is 4. The molecule has 0 saturated heterocycles. The van der Waals surface area contributed by atoms with Crippen molar-refractivity contribution in [2.24, 2.45) is 0 Å². The molecule has 7 nitrogen and oxygen atoms in total. The van der Waals surface area contributed by atoms with E-state index >= 15 is 0 Å². The average Bonchev–Trinajstić information content (AvgIpc) is 2.25. The van der Waals surface area contributed by atoms with Crippen molar-refractivity contribution in [3.05, 3.63) is 40.8 Å². The first-order chi connectivity index (χ1) is 8.02. The standard InChI is InChI=1S/C10H10N2O5/c1-2-3-17-10(16)11-6-4-7(9(14)15)12-8(13)5-6/h2,4-5H,1,3H2,(H,14,15)(H2,11,12,13,16). The van der Waals surface area contributed by atoms with Crippen LogP contribution in [0.4, 0.5) is 10.5 Å². The SMILES string of the molecule is C=CCOC(=O)Nc1cc(C(=O)O)[nH]c(=O)c1. The fourth-order valence-corrected chi connectivity index (χ4v) is 1.02. The predicted molar refractivity (Wildman–Crippen MR) is 59.2 cm³/mol. The average molecular weight is 238 g/mol. The molecule has 1 aromatic rings. The van der Waals surface area contributed by atoms with Gasteiger partial charge in [-0.25, -0.2) is 9.59 Å². The first kappa shape index (κ1) is 12.5. The van der Waals surface area contributed by atoms with Crippen molar-refractivity contribution in [2.45, 2.75) is 0 Å². The van der Waals surface area contributed by atoms with Crippen LogP contribution < -0.4 is 10.9 Å². The second kappa shape index (κ2) is 5.50. The Balaban J connectivity index is 2.84. The van der Waals surface area contributed by atoms with E-state index in [1.54, 1.807) is 0 Å². The number of H-pyrrole nitrogens is 1. The van der Waals surface area contributed by atoms with E-state index in [1.807, 2.05) is 0 Å². The molecule has 0 saturated carbocycles. The number of aromatic carboxylic acids is 1. The normalized spacial score (nSPS) is 9.41. The van der Waals surface area contributed by atoms with Gasteiger partial charge < -0.3 is 14.8 Å². The lowest BCUT2D eigenvalue weighted by atomic mass is 10.3. The lowest BCUT2D eigenvalue weighted by Gasteiger charge is -2.05. The molecule has 0 aliphatic heterocycles. The van der Waals surface area contributed by atoms with E-state index in [2.05, 4.69) is 21.6 Å². The molecule has 0 aliphatic carbocycles. The Bertz CT molecular complexity index is 506. The summed E-state index contributed by atoms with van der Waals surface area (Å²) in [5, 5.41) is 10.9. The van der Waals surface area contributed by atoms with Crippen LogP contribution in [0, 0.1) is 0 Å². The summed E-state index contributed by atoms with van der Waals surface area (Å²) in [6.07, 6.45) is 0.576. The molecule has 1 amide bonds. The van der Waals surface area contributed by atoms with Gasteiger partial charge in [0, 0.05) is 6.07 Å². The molecule has 0 aliphatic rings. The molecule has 0 spiro atoms. The summed E-state index contributed by atoms with van der Waals surface area (Å²) < 4.78 is 4.61. The van der Waals surface area contributed by atoms with Crippen molar-refractivity contribution in [3.8, 4) is 0 Å². The van der Waals surface area contributed by atoms with Gasteiger partial charge in [0.15, 0.2) is 0 Å². The fourth-order valence-electron chi connectivity index (χ4n) is 1.02. The van der Waals surface area contributed by atoms with E-state index < -0.39 is 17.6 Å². The van der Waals surface area contributed by atoms with Gasteiger partial charge in [0.05, 0.1) is 5.69 Å². The molecule has 0 aromatic carbocycles. The number of carbonyl (C=O) groups excluding carboxylic acids is 1. The van der Waals surface area contributed by atoms with Gasteiger partial charge in [0.1, 0.15) is 12.3 Å². The zero-order valence-corrected chi connectivity index (χ0v) is 8.73. The number of ether oxygens (including phenoxy) is 1. The number of aromatic amines is 1. The van der Waals surface area contributed by atoms with Gasteiger partial charge in [0.2, 0.25) is 0 Å². The Morgan fingerprint density at radius 2 is 2.24 bits per heavy atom. The Labute approximate surface area is 95.7 Å². The largest absolute Gasteiger partial charge is 0.477 e. The van der Waals surface area contributed by atoms with Gasteiger partial charge in [-0.3, -0.25) is 10.1 Å². The van der Waals surface area contributed by atoms with E-state index in [-0.39, 0.29) is 18.0 Å². The number of nitrogens with one attached hydrogen (secondary N) is 2. The van der Waals surface area contributed by atoms with Crippen molar-refractivity contribution in [1.82, 2.24) is 4.98 Å². The molecule has 1 aromatic heterocycles. The molecule has 90 valence electrons. The van der Waals surface area contributed by atoms with Crippen molar-refractivity contribution < 1.29 is 19.4 Å². The molecular formula is C10H10N2O5. The van der Waals surface area contributed by atoms with Gasteiger partial charge in [-0.05, 0) is 6.07 Å². The summed E-state index contributed by atoms with van der Waals surface area (Å²) in [5.74, 6) is -1.30. The zero-order chi connectivity index (χ0) is 12.8. The van der Waals surface area contributed by atoms with Crippen molar-refractivity contribution >= 4 is 17.7 Å². The van der Waals surface area contributed by atoms with Gasteiger partial charge in [-0.1, -0.05) is 12.7 Å². The third kappa shape index (κ3) is 3.82. The molecule has 0 radical (unpaired) electrons. The van der Waals surface area contributed by atoms with E-state index in [0.717, 1.165) is 12.1 Å². The molecule has 17 heavy (non-hydrogen) atoms. The minimum atomic E-state index is -1.30. The van der Waals surface area contributed by atoms with Crippen molar-refractivity contribution in [3.63, 3.8) is 0 Å². The second-order valence-corrected chi connectivity index (χ2v) is 2.96. The number of aromatic nitrogens is 1. The molecular weight excluding hydrogens is 228 g/mol. The Morgan fingerprint density at radius 3 is 2.82 bits per heavy atom. The van der Waals surface area contributed by atoms with Crippen LogP contribution in [-0.4, -0.2) is 28.8 Å². The summed E-state index contributed by atoms with van der Waals surface area (Å²) in [4.78, 5) is 34.9. The fraction of sp³-hybridized carbons (Fsp3) is 0.100. The molecule has 3 N–H and O–H groups in total. The highest BCUT2D eigenvalue weighted by atomic mass is 16.5. The highest BCUT2D eigenvalue weighted by Crippen LogP contribution is 2.05. The molecule has 0 fully saturated rings. The summed E-state index contributed by atoms with van der Waals surface area (Å²) >= 11 is 0. The van der Waals surface area contributed by atoms with Crippen LogP contribution in [0.1, 0.15) is 10.5 Å². The van der Waals surface area contributed by atoms with Crippen LogP contribution in [0.25, 0.3) is 0 Å². The van der Waals surface area contributed by atoms with Crippen LogP contribution in [0.2, 0.25) is 0 Å². The monoisotopic (exact) mass is 238 g/mol. The highest BCUT2D eigenvalue weighted by Gasteiger charge is 2.08. The number of hydrogen-bond donors (Lipinski definition) is 3. The van der Waals surface area contributed by atoms with Crippen molar-refractivity contribution in [2.75, 3.05) is 11.9 Å². The molecule has 1 heterocycles. The van der Waals surface area contributed by atoms with Crippen LogP contribution in [0.15, 0.2) is 29.6 Å². The maximum atomic E-state index is 11.1. The predicted octanol–water partition coefficient (Wildman–Crippen LogP) is 0.808. The number of pyridine rings is 1. The quantitative estimate of drug-likeness (QED) is 0.672. The third-order valence-electron chi connectivity index (χ3n) is 1.65. The lowest BCUT2D eigenvalue weighted by molar-refractivity contribution is 0.0690. The molecule has 0 bridgehead atoms. The molecule has 7 heteroatoms. The van der Waals surface area contributed by atoms with Gasteiger partial charge >= 0.3 is 12.1 Å². The van der Waals surface area contributed by atoms with E-state index in [9.17, 15) is 14.4 Å². The van der Waals surface area contributed by atoms with E-state index in [1.165, 1.54) is 6.08 Å². The van der Waals surface area contributed by atoms with Crippen LogP contribution >= 0.6 is 0 Å². The van der Waals surface area contributed by atoms with Gasteiger partial charge in [0.25, 0.3) is 5.56 Å². The van der Waals surface area contributed by atoms with Crippen LogP contribution in [0.3, 0.4) is 0 Å². The third-order valence-corrected chi connectivity index (χ3v) is 1.65. The summed E-state index contributed by atoms with van der Waals surface area (Å²) in [6.45, 7) is 3.37. The Morgan fingerprint density at radius 1 is 1.53 bits per heavy atom. The summed E-state index contributed by atoms with van der Waals surface area (Å²) in [7, 11) is 0. The number of amides is 1. The Hall–Kier alpha value is -2.57. The first-order valence-electron chi connectivity index (χ1n) is 4.55. The topological polar surface area (TPSA) is 108 Å². The number of carbonyl (C=O) groups is 2. The maximum absolute atomic E-state index is 11.1. The minimum absolute atomic E-state index is 0.0147. The van der Waals surface area contributed by atoms with Gasteiger partial charge in [-0.15, -0.1) is 0 Å². The first-order valence-corrected chi connectivity index (χ1v) is 4.55. The number of carboxylic acids is 1. The molecule has 1 rings (SSSR count). The smallest absolute Gasteiger partial charge is 0.411 e. The lowest BCUT2D eigenvalue weighted by Crippen LogP contribution is -2.18. The number of carboxylic acid groups (broad SMARTS) is 1. The molecule has 0 atom stereocenters. The van der Waals surface area contributed by atoms with E-state index in [4.69, 9.17) is 5.11 Å². The van der Waals surface area contributed by atoms with Crippen molar-refractivity contribution in [1.29, 1.82) is 0 Å². The number of anilines is 1. The van der Waals surface area contributed by atoms with Crippen LogP contribution in [0.5, 0.6) is 0 Å². The summed E-state index contributed by atoms with van der Waals surface area (Å²) in [5.41, 5.74) is -0.916. The maximum Gasteiger partial charge on any atom is 0.411 e.